The predicted molar refractivity (Wildman–Crippen MR) is 98.9 cm³/mol. The molecule has 0 radical (unpaired) electrons. The minimum absolute atomic E-state index is 0.0772. The lowest BCUT2D eigenvalue weighted by atomic mass is 9.97. The predicted octanol–water partition coefficient (Wildman–Crippen LogP) is 4.19. The second kappa shape index (κ2) is 8.45. The molecule has 1 aliphatic heterocycles. The van der Waals surface area contributed by atoms with Gasteiger partial charge in [-0.25, -0.2) is 0 Å². The summed E-state index contributed by atoms with van der Waals surface area (Å²) in [5.41, 5.74) is 1.22. The number of halogens is 1. The fourth-order valence-electron chi connectivity index (χ4n) is 2.68. The number of carbonyl (C=O) groups is 1. The van der Waals surface area contributed by atoms with Crippen LogP contribution in [0.4, 0.5) is 0 Å². The van der Waals surface area contributed by atoms with Gasteiger partial charge in [-0.2, -0.15) is 0 Å². The van der Waals surface area contributed by atoms with Gasteiger partial charge in [-0.05, 0) is 30.2 Å². The number of hydrogen-bond acceptors (Lipinski definition) is 3. The molecule has 1 heterocycles. The topological polar surface area (TPSA) is 38.3 Å². The summed E-state index contributed by atoms with van der Waals surface area (Å²) in [6.07, 6.45) is 1.44. The molecule has 0 saturated carbocycles. The summed E-state index contributed by atoms with van der Waals surface area (Å²) in [6, 6.07) is 15.8. The number of carbonyl (C=O) groups excluding carboxylic acids is 1. The molecule has 126 valence electrons. The van der Waals surface area contributed by atoms with Crippen LogP contribution in [0.3, 0.4) is 0 Å². The lowest BCUT2D eigenvalue weighted by molar-refractivity contribution is -0.120. The van der Waals surface area contributed by atoms with Crippen molar-refractivity contribution in [1.29, 1.82) is 0 Å². The van der Waals surface area contributed by atoms with Crippen LogP contribution in [0.25, 0.3) is 0 Å². The number of hydrogen-bond donors (Lipinski definition) is 1. The van der Waals surface area contributed by atoms with Gasteiger partial charge in [0.1, 0.15) is 5.75 Å². The average molecular weight is 362 g/mol. The van der Waals surface area contributed by atoms with Crippen molar-refractivity contribution in [2.75, 3.05) is 18.9 Å². The van der Waals surface area contributed by atoms with Gasteiger partial charge in [-0.3, -0.25) is 4.79 Å². The number of rotatable bonds is 6. The van der Waals surface area contributed by atoms with E-state index in [1.54, 1.807) is 11.8 Å². The molecule has 0 spiro atoms. The number of benzene rings is 2. The molecule has 5 heteroatoms. The van der Waals surface area contributed by atoms with Crippen molar-refractivity contribution in [1.82, 2.24) is 5.32 Å². The van der Waals surface area contributed by atoms with Gasteiger partial charge in [0.05, 0.1) is 11.6 Å². The van der Waals surface area contributed by atoms with Gasteiger partial charge in [-0.1, -0.05) is 41.9 Å². The van der Waals surface area contributed by atoms with Crippen LogP contribution in [0.2, 0.25) is 5.02 Å². The van der Waals surface area contributed by atoms with E-state index in [0.29, 0.717) is 25.5 Å². The molecule has 0 aromatic heterocycles. The smallest absolute Gasteiger partial charge is 0.220 e. The van der Waals surface area contributed by atoms with Crippen molar-refractivity contribution in [3.63, 3.8) is 0 Å². The maximum Gasteiger partial charge on any atom is 0.220 e. The number of ether oxygens (including phenoxy) is 1. The lowest BCUT2D eigenvalue weighted by Gasteiger charge is -2.25. The molecule has 1 atom stereocenters. The largest absolute Gasteiger partial charge is 0.493 e. The van der Waals surface area contributed by atoms with Crippen LogP contribution in [0.5, 0.6) is 5.75 Å². The third-order valence-corrected chi connectivity index (χ3v) is 5.48. The fraction of sp³-hybridized carbons (Fsp3) is 0.316. The Morgan fingerprint density at radius 1 is 1.21 bits per heavy atom. The number of thioether (sulfide) groups is 1. The van der Waals surface area contributed by atoms with Crippen molar-refractivity contribution >= 4 is 29.3 Å². The molecule has 2 aromatic rings. The first-order valence-corrected chi connectivity index (χ1v) is 9.43. The summed E-state index contributed by atoms with van der Waals surface area (Å²) in [6.45, 7) is 1.32. The number of amides is 1. The van der Waals surface area contributed by atoms with E-state index >= 15 is 0 Å². The second-order valence-corrected chi connectivity index (χ2v) is 7.37. The fourth-order valence-corrected chi connectivity index (χ4v) is 3.87. The molecule has 0 bridgehead atoms. The van der Waals surface area contributed by atoms with E-state index in [1.807, 2.05) is 42.5 Å². The molecule has 3 rings (SSSR count). The van der Waals surface area contributed by atoms with E-state index in [4.69, 9.17) is 16.3 Å². The molecule has 1 N–H and O–H groups in total. The van der Waals surface area contributed by atoms with E-state index in [9.17, 15) is 4.79 Å². The van der Waals surface area contributed by atoms with Crippen LogP contribution in [-0.4, -0.2) is 24.8 Å². The number of fused-ring (bicyclic) bond motifs is 1. The van der Waals surface area contributed by atoms with Gasteiger partial charge in [0.2, 0.25) is 5.91 Å². The molecule has 0 saturated heterocycles. The van der Waals surface area contributed by atoms with Gasteiger partial charge in [0, 0.05) is 29.5 Å². The molecule has 2 aromatic carbocycles. The highest BCUT2D eigenvalue weighted by atomic mass is 35.5. The standard InChI is InChI=1S/C19H20ClNO2S/c20-16-6-2-4-8-18(16)24-10-9-19(22)21-12-14-11-15-5-1-3-7-17(15)23-13-14/h1-8,14H,9-13H2,(H,21,22). The maximum absolute atomic E-state index is 12.0. The Morgan fingerprint density at radius 2 is 2.00 bits per heavy atom. The van der Waals surface area contributed by atoms with Gasteiger partial charge in [0.25, 0.3) is 0 Å². The van der Waals surface area contributed by atoms with E-state index in [0.717, 1.165) is 27.8 Å². The normalized spacial score (nSPS) is 16.1. The minimum Gasteiger partial charge on any atom is -0.493 e. The third-order valence-electron chi connectivity index (χ3n) is 3.97. The molecular formula is C19H20ClNO2S. The summed E-state index contributed by atoms with van der Waals surface area (Å²) in [5, 5.41) is 3.76. The highest BCUT2D eigenvalue weighted by molar-refractivity contribution is 7.99. The first kappa shape index (κ1) is 17.2. The zero-order valence-corrected chi connectivity index (χ0v) is 14.9. The SMILES string of the molecule is O=C(CCSc1ccccc1Cl)NCC1COc2ccccc2C1. The van der Waals surface area contributed by atoms with Crippen molar-refractivity contribution < 1.29 is 9.53 Å². The monoisotopic (exact) mass is 361 g/mol. The second-order valence-electron chi connectivity index (χ2n) is 5.82. The summed E-state index contributed by atoms with van der Waals surface area (Å²) >= 11 is 7.72. The average Bonchev–Trinajstić information content (AvgIpc) is 2.61. The first-order valence-electron chi connectivity index (χ1n) is 8.07. The van der Waals surface area contributed by atoms with Crippen LogP contribution < -0.4 is 10.1 Å². The van der Waals surface area contributed by atoms with Gasteiger partial charge in [0.15, 0.2) is 0 Å². The Hall–Kier alpha value is -1.65. The van der Waals surface area contributed by atoms with Crippen molar-refractivity contribution in [2.45, 2.75) is 17.7 Å². The minimum atomic E-state index is 0.0772. The molecule has 1 amide bonds. The maximum atomic E-state index is 12.0. The first-order chi connectivity index (χ1) is 11.7. The Morgan fingerprint density at radius 3 is 2.88 bits per heavy atom. The molecule has 1 unspecified atom stereocenters. The zero-order chi connectivity index (χ0) is 16.8. The van der Waals surface area contributed by atoms with E-state index in [-0.39, 0.29) is 5.91 Å². The Bertz CT molecular complexity index is 707. The molecule has 3 nitrogen and oxygen atoms in total. The van der Waals surface area contributed by atoms with Crippen LogP contribution >= 0.6 is 23.4 Å². The third kappa shape index (κ3) is 4.68. The quantitative estimate of drug-likeness (QED) is 0.784. The van der Waals surface area contributed by atoms with Crippen LogP contribution in [0.15, 0.2) is 53.4 Å². The summed E-state index contributed by atoms with van der Waals surface area (Å²) in [5.74, 6) is 2.10. The summed E-state index contributed by atoms with van der Waals surface area (Å²) in [7, 11) is 0. The Balaban J connectivity index is 1.38. The van der Waals surface area contributed by atoms with E-state index in [1.165, 1.54) is 5.56 Å². The van der Waals surface area contributed by atoms with Gasteiger partial charge in [-0.15, -0.1) is 11.8 Å². The highest BCUT2D eigenvalue weighted by Gasteiger charge is 2.19. The number of para-hydroxylation sites is 1. The molecule has 0 fully saturated rings. The van der Waals surface area contributed by atoms with Gasteiger partial charge < -0.3 is 10.1 Å². The van der Waals surface area contributed by atoms with Crippen LogP contribution in [0.1, 0.15) is 12.0 Å². The molecule has 1 aliphatic rings. The van der Waals surface area contributed by atoms with E-state index in [2.05, 4.69) is 11.4 Å². The molecular weight excluding hydrogens is 342 g/mol. The lowest BCUT2D eigenvalue weighted by Crippen LogP contribution is -2.34. The zero-order valence-electron chi connectivity index (χ0n) is 13.3. The van der Waals surface area contributed by atoms with Crippen LogP contribution in [0, 0.1) is 5.92 Å². The summed E-state index contributed by atoms with van der Waals surface area (Å²) in [4.78, 5) is 13.0. The van der Waals surface area contributed by atoms with Crippen molar-refractivity contribution in [2.24, 2.45) is 5.92 Å². The van der Waals surface area contributed by atoms with Gasteiger partial charge >= 0.3 is 0 Å². The Kier molecular flexibility index (Phi) is 6.05. The Labute approximate surface area is 151 Å². The van der Waals surface area contributed by atoms with Crippen LogP contribution in [-0.2, 0) is 11.2 Å². The van der Waals surface area contributed by atoms with Crippen molar-refractivity contribution in [3.8, 4) is 5.75 Å². The van der Waals surface area contributed by atoms with Crippen molar-refractivity contribution in [3.05, 3.63) is 59.1 Å². The number of nitrogens with one attached hydrogen (secondary N) is 1. The molecule has 0 aliphatic carbocycles. The molecule has 24 heavy (non-hydrogen) atoms. The highest BCUT2D eigenvalue weighted by Crippen LogP contribution is 2.27. The summed E-state index contributed by atoms with van der Waals surface area (Å²) < 4.78 is 5.75. The van der Waals surface area contributed by atoms with E-state index < -0.39 is 0 Å².